The number of nitrogens with zero attached hydrogens (tertiary/aromatic N) is 2. The molecular formula is C28H41N3O5. The lowest BCUT2D eigenvalue weighted by Gasteiger charge is -2.30. The van der Waals surface area contributed by atoms with E-state index in [1.807, 2.05) is 30.1 Å². The Morgan fingerprint density at radius 2 is 1.86 bits per heavy atom. The minimum atomic E-state index is -0.646. The largest absolute Gasteiger partial charge is 0.493 e. The maximum atomic E-state index is 11.1. The molecule has 0 spiro atoms. The van der Waals surface area contributed by atoms with E-state index in [2.05, 4.69) is 17.1 Å². The van der Waals surface area contributed by atoms with Gasteiger partial charge in [0, 0.05) is 32.2 Å². The molecule has 1 heterocycles. The predicted octanol–water partition coefficient (Wildman–Crippen LogP) is 3.64. The first kappa shape index (κ1) is 27.8. The van der Waals surface area contributed by atoms with Gasteiger partial charge in [0.15, 0.2) is 11.5 Å². The van der Waals surface area contributed by atoms with Gasteiger partial charge in [0.1, 0.15) is 25.1 Å². The Hall–Kier alpha value is -2.81. The third-order valence-corrected chi connectivity index (χ3v) is 6.36. The molecule has 1 saturated heterocycles. The van der Waals surface area contributed by atoms with Gasteiger partial charge in [0.2, 0.25) is 5.91 Å². The van der Waals surface area contributed by atoms with Crippen LogP contribution in [0.15, 0.2) is 42.5 Å². The summed E-state index contributed by atoms with van der Waals surface area (Å²) >= 11 is 0. The second kappa shape index (κ2) is 14.1. The fourth-order valence-corrected chi connectivity index (χ4v) is 4.32. The molecule has 8 nitrogen and oxygen atoms in total. The molecule has 8 heteroatoms. The molecule has 0 radical (unpaired) electrons. The van der Waals surface area contributed by atoms with Gasteiger partial charge in [0.05, 0.1) is 7.11 Å². The van der Waals surface area contributed by atoms with Gasteiger partial charge in [-0.05, 0) is 80.9 Å². The Labute approximate surface area is 215 Å². The molecular weight excluding hydrogens is 458 g/mol. The monoisotopic (exact) mass is 499 g/mol. The fraction of sp³-hybridized carbons (Fsp3) is 0.536. The molecule has 2 N–H and O–H groups in total. The average Bonchev–Trinajstić information content (AvgIpc) is 2.85. The number of carbonyl (C=O) groups excluding carboxylic acids is 1. The molecule has 1 atom stereocenters. The lowest BCUT2D eigenvalue weighted by atomic mass is 9.99. The number of methoxy groups -OCH3 is 1. The zero-order valence-corrected chi connectivity index (χ0v) is 22.0. The number of hydrogen-bond donors (Lipinski definition) is 2. The van der Waals surface area contributed by atoms with Crippen molar-refractivity contribution in [3.8, 4) is 17.2 Å². The Balaban J connectivity index is 1.41. The molecule has 1 aliphatic rings. The van der Waals surface area contributed by atoms with Crippen LogP contribution in [0.2, 0.25) is 0 Å². The highest BCUT2D eigenvalue weighted by atomic mass is 16.5. The van der Waals surface area contributed by atoms with Crippen LogP contribution in [0.25, 0.3) is 0 Å². The van der Waals surface area contributed by atoms with Crippen molar-refractivity contribution in [3.05, 3.63) is 48.0 Å². The molecule has 36 heavy (non-hydrogen) atoms. The van der Waals surface area contributed by atoms with Gasteiger partial charge in [0.25, 0.3) is 0 Å². The van der Waals surface area contributed by atoms with Gasteiger partial charge in [-0.1, -0.05) is 13.0 Å². The number of hydrogen-bond acceptors (Lipinski definition) is 7. The van der Waals surface area contributed by atoms with Crippen molar-refractivity contribution >= 4 is 11.6 Å². The molecule has 0 saturated carbocycles. The summed E-state index contributed by atoms with van der Waals surface area (Å²) in [6.07, 6.45) is 1.88. The first-order valence-corrected chi connectivity index (χ1v) is 12.7. The summed E-state index contributed by atoms with van der Waals surface area (Å²) in [5, 5.41) is 13.1. The first-order chi connectivity index (χ1) is 17.3. The summed E-state index contributed by atoms with van der Waals surface area (Å²) < 4.78 is 17.3. The normalized spacial score (nSPS) is 15.5. The van der Waals surface area contributed by atoms with Crippen LogP contribution >= 0.6 is 0 Å². The number of aliphatic hydroxyl groups excluding tert-OH is 1. The summed E-state index contributed by atoms with van der Waals surface area (Å²) in [6.45, 7) is 8.95. The maximum Gasteiger partial charge on any atom is 0.221 e. The second-order valence-corrected chi connectivity index (χ2v) is 9.72. The Morgan fingerprint density at radius 1 is 1.14 bits per heavy atom. The maximum absolute atomic E-state index is 11.1. The number of ether oxygens (including phenoxy) is 3. The number of likely N-dealkylation sites (N-methyl/N-ethyl adjacent to an activating group) is 1. The number of rotatable bonds is 13. The van der Waals surface area contributed by atoms with E-state index in [1.54, 1.807) is 31.4 Å². The molecule has 1 fully saturated rings. The standard InChI is InChI=1S/C28H41N3O5/c1-21-11-13-31(14-12-21)15-16-35-27-10-5-23(17-28(27)34-4)18-30(3)19-25(33)20-36-26-8-6-24(7-9-26)29-22(2)32/h5-10,17,21,25,33H,11-16,18-20H2,1-4H3,(H,29,32). The summed E-state index contributed by atoms with van der Waals surface area (Å²) in [7, 11) is 3.62. The number of nitrogens with one attached hydrogen (secondary N) is 1. The van der Waals surface area contributed by atoms with Gasteiger partial charge < -0.3 is 24.6 Å². The fourth-order valence-electron chi connectivity index (χ4n) is 4.32. The minimum Gasteiger partial charge on any atom is -0.493 e. The molecule has 2 aromatic carbocycles. The van der Waals surface area contributed by atoms with E-state index in [9.17, 15) is 9.90 Å². The Kier molecular flexibility index (Phi) is 10.8. The summed E-state index contributed by atoms with van der Waals surface area (Å²) in [5.74, 6) is 2.83. The van der Waals surface area contributed by atoms with Crippen LogP contribution in [0.1, 0.15) is 32.3 Å². The molecule has 1 amide bonds. The van der Waals surface area contributed by atoms with Crippen molar-refractivity contribution in [1.82, 2.24) is 9.80 Å². The van der Waals surface area contributed by atoms with Gasteiger partial charge in [-0.25, -0.2) is 0 Å². The van der Waals surface area contributed by atoms with Crippen molar-refractivity contribution in [2.24, 2.45) is 5.92 Å². The van der Waals surface area contributed by atoms with Crippen LogP contribution in [0, 0.1) is 5.92 Å². The number of amides is 1. The van der Waals surface area contributed by atoms with E-state index < -0.39 is 6.10 Å². The lowest BCUT2D eigenvalue weighted by Crippen LogP contribution is -2.35. The highest BCUT2D eigenvalue weighted by molar-refractivity contribution is 5.88. The van der Waals surface area contributed by atoms with E-state index in [0.717, 1.165) is 42.6 Å². The smallest absolute Gasteiger partial charge is 0.221 e. The Bertz CT molecular complexity index is 945. The molecule has 0 aromatic heterocycles. The van der Waals surface area contributed by atoms with Crippen molar-refractivity contribution in [2.75, 3.05) is 58.9 Å². The SMILES string of the molecule is COc1cc(CN(C)CC(O)COc2ccc(NC(C)=O)cc2)ccc1OCCN1CCC(C)CC1. The molecule has 2 aromatic rings. The topological polar surface area (TPSA) is 83.5 Å². The summed E-state index contributed by atoms with van der Waals surface area (Å²) in [6, 6.07) is 13.1. The van der Waals surface area contributed by atoms with Crippen LogP contribution in [-0.4, -0.2) is 80.5 Å². The van der Waals surface area contributed by atoms with Crippen molar-refractivity contribution in [2.45, 2.75) is 39.3 Å². The van der Waals surface area contributed by atoms with E-state index in [1.165, 1.54) is 19.8 Å². The summed E-state index contributed by atoms with van der Waals surface area (Å²) in [4.78, 5) is 15.6. The van der Waals surface area contributed by atoms with Crippen molar-refractivity contribution in [3.63, 3.8) is 0 Å². The quantitative estimate of drug-likeness (QED) is 0.435. The van der Waals surface area contributed by atoms with Gasteiger partial charge in [-0.15, -0.1) is 0 Å². The van der Waals surface area contributed by atoms with Crippen LogP contribution in [-0.2, 0) is 11.3 Å². The number of carbonyl (C=O) groups is 1. The van der Waals surface area contributed by atoms with E-state index in [4.69, 9.17) is 14.2 Å². The molecule has 3 rings (SSSR count). The molecule has 1 unspecified atom stereocenters. The minimum absolute atomic E-state index is 0.121. The van der Waals surface area contributed by atoms with E-state index in [-0.39, 0.29) is 12.5 Å². The number of benzene rings is 2. The molecule has 0 aliphatic carbocycles. The number of piperidine rings is 1. The number of anilines is 1. The Morgan fingerprint density at radius 3 is 2.53 bits per heavy atom. The molecule has 0 bridgehead atoms. The van der Waals surface area contributed by atoms with Gasteiger partial charge in [-0.2, -0.15) is 0 Å². The summed E-state index contributed by atoms with van der Waals surface area (Å²) in [5.41, 5.74) is 1.78. The van der Waals surface area contributed by atoms with Gasteiger partial charge in [-0.3, -0.25) is 14.6 Å². The molecule has 1 aliphatic heterocycles. The van der Waals surface area contributed by atoms with Crippen LogP contribution in [0.5, 0.6) is 17.2 Å². The third kappa shape index (κ3) is 9.33. The number of likely N-dealkylation sites (tertiary alicyclic amines) is 1. The molecule has 198 valence electrons. The first-order valence-electron chi connectivity index (χ1n) is 12.7. The highest BCUT2D eigenvalue weighted by Crippen LogP contribution is 2.28. The van der Waals surface area contributed by atoms with Crippen molar-refractivity contribution < 1.29 is 24.1 Å². The zero-order valence-electron chi connectivity index (χ0n) is 22.0. The van der Waals surface area contributed by atoms with Crippen molar-refractivity contribution in [1.29, 1.82) is 0 Å². The van der Waals surface area contributed by atoms with E-state index in [0.29, 0.717) is 31.1 Å². The average molecular weight is 500 g/mol. The number of aliphatic hydroxyl groups is 1. The van der Waals surface area contributed by atoms with Crippen LogP contribution in [0.4, 0.5) is 5.69 Å². The van der Waals surface area contributed by atoms with Crippen LogP contribution in [0.3, 0.4) is 0 Å². The second-order valence-electron chi connectivity index (χ2n) is 9.72. The van der Waals surface area contributed by atoms with Crippen LogP contribution < -0.4 is 19.5 Å². The lowest BCUT2D eigenvalue weighted by molar-refractivity contribution is -0.114. The highest BCUT2D eigenvalue weighted by Gasteiger charge is 2.16. The van der Waals surface area contributed by atoms with Gasteiger partial charge >= 0.3 is 0 Å². The third-order valence-electron chi connectivity index (χ3n) is 6.36. The predicted molar refractivity (Wildman–Crippen MR) is 142 cm³/mol. The zero-order chi connectivity index (χ0) is 25.9. The van der Waals surface area contributed by atoms with E-state index >= 15 is 0 Å².